The van der Waals surface area contributed by atoms with Gasteiger partial charge in [0.15, 0.2) is 5.58 Å². The molecule has 4 heteroatoms. The number of carbonyl (C=O) groups is 1. The van der Waals surface area contributed by atoms with E-state index in [4.69, 9.17) is 4.42 Å². The molecule has 1 N–H and O–H groups in total. The summed E-state index contributed by atoms with van der Waals surface area (Å²) in [5.74, 6) is -0.0499. The fourth-order valence-corrected chi connectivity index (χ4v) is 2.83. The lowest BCUT2D eigenvalue weighted by Gasteiger charge is -2.12. The molecule has 3 aromatic rings. The molecule has 0 fully saturated rings. The molecule has 0 saturated heterocycles. The number of fused-ring (bicyclic) bond motifs is 1. The molecule has 4 nitrogen and oxygen atoms in total. The van der Waals surface area contributed by atoms with Gasteiger partial charge in [-0.3, -0.25) is 4.79 Å². The fraction of sp³-hybridized carbons (Fsp3) is 0.316. The number of furan rings is 1. The van der Waals surface area contributed by atoms with Crippen LogP contribution in [0.15, 0.2) is 53.1 Å². The van der Waals surface area contributed by atoms with Crippen LogP contribution >= 0.6 is 0 Å². The van der Waals surface area contributed by atoms with Gasteiger partial charge < -0.3 is 14.3 Å². The first-order valence-electron chi connectivity index (χ1n) is 8.06. The van der Waals surface area contributed by atoms with Crippen LogP contribution in [0.3, 0.4) is 0 Å². The maximum absolute atomic E-state index is 12.4. The zero-order valence-corrected chi connectivity index (χ0v) is 13.6. The third kappa shape index (κ3) is 3.47. The molecule has 0 aliphatic rings. The second-order valence-corrected chi connectivity index (χ2v) is 6.07. The van der Waals surface area contributed by atoms with Gasteiger partial charge in [0.1, 0.15) is 5.69 Å². The summed E-state index contributed by atoms with van der Waals surface area (Å²) in [4.78, 5) is 12.4. The minimum absolute atomic E-state index is 0.0499. The first-order chi connectivity index (χ1) is 11.1. The quantitative estimate of drug-likeness (QED) is 0.748. The Morgan fingerprint density at radius 3 is 2.74 bits per heavy atom. The summed E-state index contributed by atoms with van der Waals surface area (Å²) >= 11 is 0. The minimum atomic E-state index is -0.0499. The van der Waals surface area contributed by atoms with E-state index in [0.717, 1.165) is 30.5 Å². The first-order valence-corrected chi connectivity index (χ1v) is 8.06. The van der Waals surface area contributed by atoms with Crippen LogP contribution < -0.4 is 5.32 Å². The molecule has 0 unspecified atom stereocenters. The summed E-state index contributed by atoms with van der Waals surface area (Å²) in [6.45, 7) is 4.72. The Morgan fingerprint density at radius 2 is 2.00 bits per heavy atom. The number of benzene rings is 1. The predicted octanol–water partition coefficient (Wildman–Crippen LogP) is 4.01. The van der Waals surface area contributed by atoms with Crippen LogP contribution in [-0.2, 0) is 13.0 Å². The van der Waals surface area contributed by atoms with Gasteiger partial charge in [0, 0.05) is 24.7 Å². The van der Waals surface area contributed by atoms with Gasteiger partial charge >= 0.3 is 0 Å². The van der Waals surface area contributed by atoms with E-state index in [1.165, 1.54) is 5.56 Å². The highest BCUT2D eigenvalue weighted by Crippen LogP contribution is 2.22. The van der Waals surface area contributed by atoms with Crippen LogP contribution in [-0.4, -0.2) is 16.5 Å². The van der Waals surface area contributed by atoms with Gasteiger partial charge in [-0.15, -0.1) is 0 Å². The lowest BCUT2D eigenvalue weighted by atomic mass is 10.1. The molecule has 3 rings (SSSR count). The van der Waals surface area contributed by atoms with Crippen molar-refractivity contribution in [1.29, 1.82) is 0 Å². The molecule has 0 atom stereocenters. The van der Waals surface area contributed by atoms with Crippen LogP contribution in [0, 0.1) is 0 Å². The summed E-state index contributed by atoms with van der Waals surface area (Å²) in [6.07, 6.45) is 3.63. The van der Waals surface area contributed by atoms with Gasteiger partial charge in [0.25, 0.3) is 5.91 Å². The van der Waals surface area contributed by atoms with E-state index in [0.29, 0.717) is 5.69 Å². The average molecular weight is 310 g/mol. The summed E-state index contributed by atoms with van der Waals surface area (Å²) in [6, 6.07) is 14.3. The Morgan fingerprint density at radius 1 is 1.22 bits per heavy atom. The molecule has 0 aliphatic carbocycles. The van der Waals surface area contributed by atoms with E-state index in [9.17, 15) is 4.79 Å². The molecular weight excluding hydrogens is 288 g/mol. The SMILES string of the molecule is CC(C)NC(=O)c1cc2occc2n1CCCc1ccccc1. The van der Waals surface area contributed by atoms with Crippen molar-refractivity contribution < 1.29 is 9.21 Å². The Hall–Kier alpha value is -2.49. The van der Waals surface area contributed by atoms with Gasteiger partial charge in [0.2, 0.25) is 0 Å². The molecule has 0 spiro atoms. The first kappa shape index (κ1) is 15.4. The number of rotatable bonds is 6. The lowest BCUT2D eigenvalue weighted by Crippen LogP contribution is -2.31. The largest absolute Gasteiger partial charge is 0.463 e. The van der Waals surface area contributed by atoms with E-state index < -0.39 is 0 Å². The molecular formula is C19H22N2O2. The monoisotopic (exact) mass is 310 g/mol. The van der Waals surface area contributed by atoms with E-state index in [-0.39, 0.29) is 11.9 Å². The Labute approximate surface area is 136 Å². The number of hydrogen-bond donors (Lipinski definition) is 1. The standard InChI is InChI=1S/C19H22N2O2/c1-14(2)20-19(22)17-13-18-16(10-12-23-18)21(17)11-6-9-15-7-4-3-5-8-15/h3-5,7-8,10,12-14H,6,9,11H2,1-2H3,(H,20,22). The van der Waals surface area contributed by atoms with E-state index in [1.807, 2.05) is 32.0 Å². The third-order valence-electron chi connectivity index (χ3n) is 3.87. The Kier molecular flexibility index (Phi) is 4.51. The van der Waals surface area contributed by atoms with E-state index in [1.54, 1.807) is 6.26 Å². The number of aromatic nitrogens is 1. The number of aryl methyl sites for hydroxylation is 2. The average Bonchev–Trinajstić information content (AvgIpc) is 3.10. The van der Waals surface area contributed by atoms with Crippen molar-refractivity contribution in [3.63, 3.8) is 0 Å². The number of hydrogen-bond acceptors (Lipinski definition) is 2. The molecule has 2 aromatic heterocycles. The molecule has 23 heavy (non-hydrogen) atoms. The zero-order valence-electron chi connectivity index (χ0n) is 13.6. The topological polar surface area (TPSA) is 47.2 Å². The van der Waals surface area contributed by atoms with Crippen LogP contribution in [0.1, 0.15) is 36.3 Å². The van der Waals surface area contributed by atoms with Crippen molar-refractivity contribution in [1.82, 2.24) is 9.88 Å². The van der Waals surface area contributed by atoms with Crippen LogP contribution in [0.2, 0.25) is 0 Å². The maximum Gasteiger partial charge on any atom is 0.268 e. The van der Waals surface area contributed by atoms with Crippen molar-refractivity contribution in [3.8, 4) is 0 Å². The van der Waals surface area contributed by atoms with Crippen molar-refractivity contribution in [2.24, 2.45) is 0 Å². The second kappa shape index (κ2) is 6.73. The van der Waals surface area contributed by atoms with Crippen molar-refractivity contribution >= 4 is 17.0 Å². The Bertz CT molecular complexity index is 784. The molecule has 0 radical (unpaired) electrons. The third-order valence-corrected chi connectivity index (χ3v) is 3.87. The van der Waals surface area contributed by atoms with Gasteiger partial charge in [-0.1, -0.05) is 30.3 Å². The summed E-state index contributed by atoms with van der Waals surface area (Å²) in [5.41, 5.74) is 3.72. The number of amides is 1. The van der Waals surface area contributed by atoms with Gasteiger partial charge in [-0.05, 0) is 32.3 Å². The lowest BCUT2D eigenvalue weighted by molar-refractivity contribution is 0.0934. The molecule has 1 amide bonds. The smallest absolute Gasteiger partial charge is 0.268 e. The van der Waals surface area contributed by atoms with Crippen LogP contribution in [0.4, 0.5) is 0 Å². The van der Waals surface area contributed by atoms with Crippen molar-refractivity contribution in [2.45, 2.75) is 39.3 Å². The maximum atomic E-state index is 12.4. The highest BCUT2D eigenvalue weighted by atomic mass is 16.3. The molecule has 0 bridgehead atoms. The van der Waals surface area contributed by atoms with Crippen molar-refractivity contribution in [2.75, 3.05) is 0 Å². The molecule has 120 valence electrons. The fourth-order valence-electron chi connectivity index (χ4n) is 2.83. The van der Waals surface area contributed by atoms with Crippen LogP contribution in [0.5, 0.6) is 0 Å². The highest BCUT2D eigenvalue weighted by Gasteiger charge is 2.17. The summed E-state index contributed by atoms with van der Waals surface area (Å²) in [5, 5.41) is 2.96. The van der Waals surface area contributed by atoms with E-state index >= 15 is 0 Å². The number of nitrogens with one attached hydrogen (secondary N) is 1. The van der Waals surface area contributed by atoms with Crippen molar-refractivity contribution in [3.05, 3.63) is 60.0 Å². The van der Waals surface area contributed by atoms with Crippen LogP contribution in [0.25, 0.3) is 11.1 Å². The highest BCUT2D eigenvalue weighted by molar-refractivity contribution is 5.97. The van der Waals surface area contributed by atoms with Gasteiger partial charge in [0.05, 0.1) is 11.8 Å². The zero-order chi connectivity index (χ0) is 16.2. The molecule has 0 aliphatic heterocycles. The molecule has 1 aromatic carbocycles. The summed E-state index contributed by atoms with van der Waals surface area (Å²) < 4.78 is 7.51. The number of nitrogens with zero attached hydrogens (tertiary/aromatic N) is 1. The Balaban J connectivity index is 1.78. The summed E-state index contributed by atoms with van der Waals surface area (Å²) in [7, 11) is 0. The second-order valence-electron chi connectivity index (χ2n) is 6.07. The molecule has 0 saturated carbocycles. The van der Waals surface area contributed by atoms with E-state index in [2.05, 4.69) is 34.1 Å². The van der Waals surface area contributed by atoms with Gasteiger partial charge in [-0.25, -0.2) is 0 Å². The number of carbonyl (C=O) groups excluding carboxylic acids is 1. The molecule has 2 heterocycles. The minimum Gasteiger partial charge on any atom is -0.463 e. The normalized spacial score (nSPS) is 11.3. The van der Waals surface area contributed by atoms with Gasteiger partial charge in [-0.2, -0.15) is 0 Å². The predicted molar refractivity (Wildman–Crippen MR) is 91.6 cm³/mol.